The van der Waals surface area contributed by atoms with E-state index in [2.05, 4.69) is 56.5 Å². The molecule has 0 saturated heterocycles. The molecule has 2 aromatic carbocycles. The van der Waals surface area contributed by atoms with Gasteiger partial charge in [0.2, 0.25) is 0 Å². The summed E-state index contributed by atoms with van der Waals surface area (Å²) < 4.78 is 0. The average molecular weight is 328 g/mol. The zero-order valence-corrected chi connectivity index (χ0v) is 14.6. The van der Waals surface area contributed by atoms with E-state index in [4.69, 9.17) is 0 Å². The van der Waals surface area contributed by atoms with Crippen LogP contribution in [0.3, 0.4) is 0 Å². The predicted molar refractivity (Wildman–Crippen MR) is 88.0 cm³/mol. The third-order valence-electron chi connectivity index (χ3n) is 2.96. The van der Waals surface area contributed by atoms with Gasteiger partial charge in [-0.05, 0) is 13.1 Å². The van der Waals surface area contributed by atoms with Gasteiger partial charge in [0.15, 0.2) is 0 Å². The van der Waals surface area contributed by atoms with E-state index in [9.17, 15) is 0 Å². The second-order valence-corrected chi connectivity index (χ2v) is 5.61. The molecule has 0 aromatic heterocycles. The van der Waals surface area contributed by atoms with Crippen LogP contribution in [-0.4, -0.2) is 12.1 Å². The molecule has 2 aromatic rings. The first-order valence-corrected chi connectivity index (χ1v) is 7.46. The number of nitrogens with one attached hydrogen (secondary N) is 2. The van der Waals surface area contributed by atoms with E-state index >= 15 is 0 Å². The molecular formula is C18H28FeN2-6. The van der Waals surface area contributed by atoms with Crippen LogP contribution in [0.25, 0.3) is 0 Å². The van der Waals surface area contributed by atoms with Crippen LogP contribution in [0.2, 0.25) is 0 Å². The fraction of sp³-hybridized carbons (Fsp3) is 0.444. The molecule has 0 radical (unpaired) electrons. The molecule has 0 saturated carbocycles. The molecule has 0 aliphatic heterocycles. The molecule has 0 heterocycles. The van der Waals surface area contributed by atoms with Gasteiger partial charge < -0.3 is 41.0 Å². The summed E-state index contributed by atoms with van der Waals surface area (Å²) in [6.07, 6.45) is 0. The molecule has 0 atom stereocenters. The molecule has 21 heavy (non-hydrogen) atoms. The summed E-state index contributed by atoms with van der Waals surface area (Å²) in [5.74, 6) is 0. The Hall–Kier alpha value is -0.861. The fourth-order valence-corrected chi connectivity index (χ4v) is 1.79. The maximum atomic E-state index is 3.45. The van der Waals surface area contributed by atoms with Gasteiger partial charge in [-0.3, -0.25) is 0 Å². The van der Waals surface area contributed by atoms with E-state index < -0.39 is 0 Å². The van der Waals surface area contributed by atoms with Gasteiger partial charge in [-0.2, -0.15) is 11.6 Å². The van der Waals surface area contributed by atoms with Crippen LogP contribution in [0.15, 0.2) is 48.5 Å². The van der Waals surface area contributed by atoms with Crippen LogP contribution in [0.1, 0.15) is 38.8 Å². The number of rotatable bonds is 6. The molecule has 0 unspecified atom stereocenters. The Kier molecular flexibility index (Phi) is 11.3. The molecule has 0 fully saturated rings. The van der Waals surface area contributed by atoms with Gasteiger partial charge in [0.05, 0.1) is 0 Å². The van der Waals surface area contributed by atoms with Crippen LogP contribution in [0, 0.1) is 0 Å². The summed E-state index contributed by atoms with van der Waals surface area (Å²) in [5.41, 5.74) is 2.83. The minimum atomic E-state index is 0. The van der Waals surface area contributed by atoms with E-state index in [-0.39, 0.29) is 17.1 Å². The normalized spacial score (nSPS) is 10.2. The summed E-state index contributed by atoms with van der Waals surface area (Å²) in [5, 5.41) is 6.90. The van der Waals surface area contributed by atoms with Crippen molar-refractivity contribution in [3.05, 3.63) is 59.7 Å². The molecule has 2 nitrogen and oxygen atoms in total. The standard InChI is InChI=1S/C13H23N2.C5H5.Fe/c1-10(2)14-8-12-6-5-7-13(12)9-15-11(3)4;1-2-4-5-3-1;/h5-7,10-11,14-15H,8-9H2,1-4H3;1-5H;/q-1;-5;. The fourth-order valence-electron chi connectivity index (χ4n) is 1.79. The van der Waals surface area contributed by atoms with Crippen molar-refractivity contribution in [3.8, 4) is 0 Å². The summed E-state index contributed by atoms with van der Waals surface area (Å²) in [4.78, 5) is 0. The summed E-state index contributed by atoms with van der Waals surface area (Å²) in [6, 6.07) is 17.6. The van der Waals surface area contributed by atoms with Crippen LogP contribution in [0.4, 0.5) is 0 Å². The largest absolute Gasteiger partial charge is 0.748 e. The van der Waals surface area contributed by atoms with E-state index in [0.717, 1.165) is 13.1 Å². The molecule has 0 bridgehead atoms. The Bertz CT molecular complexity index is 386. The van der Waals surface area contributed by atoms with Gasteiger partial charge in [-0.1, -0.05) is 27.7 Å². The van der Waals surface area contributed by atoms with Gasteiger partial charge >= 0.3 is 0 Å². The van der Waals surface area contributed by atoms with Crippen molar-refractivity contribution in [2.45, 2.75) is 52.9 Å². The van der Waals surface area contributed by atoms with Crippen molar-refractivity contribution in [3.63, 3.8) is 0 Å². The zero-order chi connectivity index (χ0) is 14.8. The first-order chi connectivity index (χ1) is 9.59. The van der Waals surface area contributed by atoms with Crippen LogP contribution in [0.5, 0.6) is 0 Å². The quantitative estimate of drug-likeness (QED) is 0.622. The van der Waals surface area contributed by atoms with E-state index in [1.807, 2.05) is 30.3 Å². The van der Waals surface area contributed by atoms with Gasteiger partial charge in [0.25, 0.3) is 0 Å². The minimum absolute atomic E-state index is 0. The van der Waals surface area contributed by atoms with E-state index in [1.54, 1.807) is 0 Å². The maximum Gasteiger partial charge on any atom is 0.00127 e. The molecule has 0 aliphatic carbocycles. The average Bonchev–Trinajstić information content (AvgIpc) is 3.08. The number of hydrogen-bond donors (Lipinski definition) is 2. The Morgan fingerprint density at radius 1 is 0.952 bits per heavy atom. The Balaban J connectivity index is 0.000000562. The molecule has 0 amide bonds. The molecule has 0 spiro atoms. The van der Waals surface area contributed by atoms with Gasteiger partial charge in [-0.25, -0.2) is 12.1 Å². The Labute approximate surface area is 140 Å². The molecular weight excluding hydrogens is 300 g/mol. The van der Waals surface area contributed by atoms with Crippen molar-refractivity contribution in [2.24, 2.45) is 0 Å². The summed E-state index contributed by atoms with van der Waals surface area (Å²) in [6.45, 7) is 10.6. The first-order valence-electron chi connectivity index (χ1n) is 7.46. The second-order valence-electron chi connectivity index (χ2n) is 5.61. The Morgan fingerprint density at radius 2 is 1.48 bits per heavy atom. The van der Waals surface area contributed by atoms with Crippen molar-refractivity contribution in [2.75, 3.05) is 0 Å². The number of hydrogen-bond acceptors (Lipinski definition) is 2. The van der Waals surface area contributed by atoms with Crippen LogP contribution >= 0.6 is 0 Å². The van der Waals surface area contributed by atoms with Gasteiger partial charge in [0.1, 0.15) is 0 Å². The smallest absolute Gasteiger partial charge is 0.00127 e. The molecule has 0 aliphatic rings. The Morgan fingerprint density at radius 3 is 1.95 bits per heavy atom. The van der Waals surface area contributed by atoms with Crippen molar-refractivity contribution < 1.29 is 17.1 Å². The monoisotopic (exact) mass is 328 g/mol. The maximum absolute atomic E-state index is 3.45. The summed E-state index contributed by atoms with van der Waals surface area (Å²) >= 11 is 0. The minimum Gasteiger partial charge on any atom is -0.748 e. The second kappa shape index (κ2) is 11.8. The third-order valence-corrected chi connectivity index (χ3v) is 2.96. The van der Waals surface area contributed by atoms with Gasteiger partial charge in [-0.15, -0.1) is 5.56 Å². The topological polar surface area (TPSA) is 24.1 Å². The predicted octanol–water partition coefficient (Wildman–Crippen LogP) is 3.80. The molecule has 124 valence electrons. The van der Waals surface area contributed by atoms with Crippen molar-refractivity contribution in [1.29, 1.82) is 0 Å². The van der Waals surface area contributed by atoms with E-state index in [0.29, 0.717) is 12.1 Å². The SMILES string of the molecule is CC(C)NCc1ccc[c-]1CNC(C)C.[Fe].[cH-]1[cH-][cH-][cH-][cH-]1. The third kappa shape index (κ3) is 9.65. The van der Waals surface area contributed by atoms with Crippen LogP contribution in [-0.2, 0) is 30.2 Å². The van der Waals surface area contributed by atoms with Crippen molar-refractivity contribution in [1.82, 2.24) is 10.6 Å². The molecule has 3 heteroatoms. The van der Waals surface area contributed by atoms with Gasteiger partial charge in [0, 0.05) is 29.2 Å². The molecule has 2 rings (SSSR count). The summed E-state index contributed by atoms with van der Waals surface area (Å²) in [7, 11) is 0. The van der Waals surface area contributed by atoms with Crippen LogP contribution < -0.4 is 10.6 Å². The van der Waals surface area contributed by atoms with Crippen molar-refractivity contribution >= 4 is 0 Å². The molecule has 2 N–H and O–H groups in total. The zero-order valence-electron chi connectivity index (χ0n) is 13.5. The first kappa shape index (κ1) is 20.1. The van der Waals surface area contributed by atoms with E-state index in [1.165, 1.54) is 11.1 Å².